The van der Waals surface area contributed by atoms with E-state index in [1.165, 1.54) is 0 Å². The molecule has 0 atom stereocenters. The number of carbonyl (C=O) groups excluding carboxylic acids is 1. The molecule has 0 bridgehead atoms. The number of hydrogen-bond acceptors (Lipinski definition) is 4. The highest BCUT2D eigenvalue weighted by molar-refractivity contribution is 7.88. The fraction of sp³-hybridized carbons (Fsp3) is 0.222. The van der Waals surface area contributed by atoms with E-state index < -0.39 is 15.9 Å². The van der Waals surface area contributed by atoms with Crippen molar-refractivity contribution in [3.8, 4) is 5.75 Å². The van der Waals surface area contributed by atoms with Crippen LogP contribution in [0.4, 0.5) is 0 Å². The van der Waals surface area contributed by atoms with E-state index in [1.54, 1.807) is 24.3 Å². The molecule has 1 aromatic carbocycles. The number of hydrogen-bond donors (Lipinski definition) is 2. The maximum Gasteiger partial charge on any atom is 0.255 e. The molecule has 0 aliphatic heterocycles. The molecule has 1 aromatic rings. The summed E-state index contributed by atoms with van der Waals surface area (Å²) in [6.07, 6.45) is 0. The Morgan fingerprint density at radius 2 is 1.81 bits per heavy atom. The monoisotopic (exact) mass is 244 g/mol. The first kappa shape index (κ1) is 12.5. The highest BCUT2D eigenvalue weighted by Gasteiger charge is 2.05. The summed E-state index contributed by atoms with van der Waals surface area (Å²) in [4.78, 5) is 10.4. The number of primary amides is 1. The van der Waals surface area contributed by atoms with Gasteiger partial charge in [0.2, 0.25) is 10.0 Å². The molecule has 6 nitrogen and oxygen atoms in total. The number of rotatable bonds is 5. The summed E-state index contributed by atoms with van der Waals surface area (Å²) >= 11 is 0. The number of nitrogens with two attached hydrogens (primary N) is 2. The van der Waals surface area contributed by atoms with E-state index in [9.17, 15) is 13.2 Å². The van der Waals surface area contributed by atoms with Crippen molar-refractivity contribution in [2.75, 3.05) is 6.61 Å². The molecule has 0 radical (unpaired) electrons. The van der Waals surface area contributed by atoms with Crippen LogP contribution >= 0.6 is 0 Å². The molecule has 0 saturated carbocycles. The number of sulfonamides is 1. The van der Waals surface area contributed by atoms with Gasteiger partial charge in [0.15, 0.2) is 6.61 Å². The average molecular weight is 244 g/mol. The van der Waals surface area contributed by atoms with E-state index in [-0.39, 0.29) is 12.4 Å². The van der Waals surface area contributed by atoms with Crippen LogP contribution in [0.5, 0.6) is 5.75 Å². The first-order chi connectivity index (χ1) is 7.37. The van der Waals surface area contributed by atoms with Gasteiger partial charge in [-0.3, -0.25) is 4.79 Å². The predicted molar refractivity (Wildman–Crippen MR) is 57.9 cm³/mol. The van der Waals surface area contributed by atoms with Crippen molar-refractivity contribution < 1.29 is 17.9 Å². The van der Waals surface area contributed by atoms with Crippen molar-refractivity contribution in [3.63, 3.8) is 0 Å². The fourth-order valence-corrected chi connectivity index (χ4v) is 1.73. The summed E-state index contributed by atoms with van der Waals surface area (Å²) in [6, 6.07) is 6.20. The van der Waals surface area contributed by atoms with Crippen molar-refractivity contribution in [1.29, 1.82) is 0 Å². The van der Waals surface area contributed by atoms with Crippen LogP contribution in [0.3, 0.4) is 0 Å². The lowest BCUT2D eigenvalue weighted by atomic mass is 10.2. The average Bonchev–Trinajstić information content (AvgIpc) is 2.14. The Morgan fingerprint density at radius 3 is 2.25 bits per heavy atom. The van der Waals surface area contributed by atoms with Gasteiger partial charge < -0.3 is 10.5 Å². The number of primary sulfonamides is 1. The van der Waals surface area contributed by atoms with Crippen molar-refractivity contribution in [2.45, 2.75) is 5.75 Å². The van der Waals surface area contributed by atoms with Gasteiger partial charge >= 0.3 is 0 Å². The van der Waals surface area contributed by atoms with Gasteiger partial charge in [-0.1, -0.05) is 12.1 Å². The summed E-state index contributed by atoms with van der Waals surface area (Å²) in [7, 11) is -3.53. The normalized spacial score (nSPS) is 11.1. The first-order valence-corrected chi connectivity index (χ1v) is 6.09. The first-order valence-electron chi connectivity index (χ1n) is 4.37. The van der Waals surface area contributed by atoms with Crippen LogP contribution in [-0.2, 0) is 20.6 Å². The van der Waals surface area contributed by atoms with Gasteiger partial charge in [-0.05, 0) is 17.7 Å². The van der Waals surface area contributed by atoms with Gasteiger partial charge in [-0.15, -0.1) is 0 Å². The van der Waals surface area contributed by atoms with E-state index in [0.29, 0.717) is 11.3 Å². The van der Waals surface area contributed by atoms with Gasteiger partial charge in [0.05, 0.1) is 5.75 Å². The predicted octanol–water partition coefficient (Wildman–Crippen LogP) is -0.661. The zero-order valence-electron chi connectivity index (χ0n) is 8.42. The molecule has 0 spiro atoms. The van der Waals surface area contributed by atoms with E-state index >= 15 is 0 Å². The number of carbonyl (C=O) groups is 1. The summed E-state index contributed by atoms with van der Waals surface area (Å²) in [5, 5.41) is 4.88. The molecule has 4 N–H and O–H groups in total. The molecule has 0 unspecified atom stereocenters. The molecule has 0 aliphatic rings. The molecule has 0 fully saturated rings. The van der Waals surface area contributed by atoms with Crippen LogP contribution in [0, 0.1) is 0 Å². The van der Waals surface area contributed by atoms with Crippen LogP contribution in [0.15, 0.2) is 24.3 Å². The minimum Gasteiger partial charge on any atom is -0.484 e. The minimum atomic E-state index is -3.53. The minimum absolute atomic E-state index is 0.214. The van der Waals surface area contributed by atoms with Gasteiger partial charge in [0.25, 0.3) is 5.91 Å². The molecule has 1 rings (SSSR count). The molecule has 1 amide bonds. The Labute approximate surface area is 93.2 Å². The SMILES string of the molecule is NC(=O)COc1ccc(CS(N)(=O)=O)cc1. The third-order valence-electron chi connectivity index (χ3n) is 1.67. The molecule has 0 aromatic heterocycles. The molecule has 7 heteroatoms. The smallest absolute Gasteiger partial charge is 0.255 e. The molecule has 88 valence electrons. The van der Waals surface area contributed by atoms with Crippen molar-refractivity contribution in [3.05, 3.63) is 29.8 Å². The summed E-state index contributed by atoms with van der Waals surface area (Å²) in [5.41, 5.74) is 5.44. The summed E-state index contributed by atoms with van der Waals surface area (Å²) < 4.78 is 26.6. The van der Waals surface area contributed by atoms with E-state index in [4.69, 9.17) is 15.6 Å². The lowest BCUT2D eigenvalue weighted by molar-refractivity contribution is -0.119. The number of amides is 1. The van der Waals surface area contributed by atoms with E-state index in [2.05, 4.69) is 0 Å². The van der Waals surface area contributed by atoms with Gasteiger partial charge in [0.1, 0.15) is 5.75 Å². The van der Waals surface area contributed by atoms with Crippen LogP contribution < -0.4 is 15.6 Å². The second-order valence-electron chi connectivity index (χ2n) is 3.21. The van der Waals surface area contributed by atoms with Crippen molar-refractivity contribution in [1.82, 2.24) is 0 Å². The Balaban J connectivity index is 2.64. The number of ether oxygens (including phenoxy) is 1. The van der Waals surface area contributed by atoms with Crippen LogP contribution in [0.2, 0.25) is 0 Å². The third-order valence-corrected chi connectivity index (χ3v) is 2.41. The van der Waals surface area contributed by atoms with Gasteiger partial charge in [-0.2, -0.15) is 0 Å². The second kappa shape index (κ2) is 4.95. The molecule has 16 heavy (non-hydrogen) atoms. The van der Waals surface area contributed by atoms with Crippen LogP contribution in [-0.4, -0.2) is 20.9 Å². The Hall–Kier alpha value is -1.60. The fourth-order valence-electron chi connectivity index (χ4n) is 1.07. The van der Waals surface area contributed by atoms with E-state index in [1.807, 2.05) is 0 Å². The third kappa shape index (κ3) is 4.76. The molecule has 0 saturated heterocycles. The lowest BCUT2D eigenvalue weighted by Gasteiger charge is -2.04. The van der Waals surface area contributed by atoms with E-state index in [0.717, 1.165) is 0 Å². The lowest BCUT2D eigenvalue weighted by Crippen LogP contribution is -2.20. The zero-order valence-corrected chi connectivity index (χ0v) is 9.24. The maximum absolute atomic E-state index is 10.8. The molecular weight excluding hydrogens is 232 g/mol. The van der Waals surface area contributed by atoms with Gasteiger partial charge in [-0.25, -0.2) is 13.6 Å². The topological polar surface area (TPSA) is 112 Å². The van der Waals surface area contributed by atoms with Crippen LogP contribution in [0.25, 0.3) is 0 Å². The maximum atomic E-state index is 10.8. The Kier molecular flexibility index (Phi) is 3.86. The Morgan fingerprint density at radius 1 is 1.25 bits per heavy atom. The molecular formula is C9H12N2O4S. The highest BCUT2D eigenvalue weighted by atomic mass is 32.2. The quantitative estimate of drug-likeness (QED) is 0.715. The van der Waals surface area contributed by atoms with Crippen molar-refractivity contribution >= 4 is 15.9 Å². The second-order valence-corrected chi connectivity index (χ2v) is 4.82. The van der Waals surface area contributed by atoms with Crippen LogP contribution in [0.1, 0.15) is 5.56 Å². The zero-order chi connectivity index (χ0) is 12.2. The summed E-state index contributed by atoms with van der Waals surface area (Å²) in [6.45, 7) is -0.214. The standard InChI is InChI=1S/C9H12N2O4S/c10-9(12)5-15-8-3-1-7(2-4-8)6-16(11,13)14/h1-4H,5-6H2,(H2,10,12)(H2,11,13,14). The molecule has 0 heterocycles. The Bertz CT molecular complexity index is 467. The van der Waals surface area contributed by atoms with Gasteiger partial charge in [0, 0.05) is 0 Å². The number of benzene rings is 1. The largest absolute Gasteiger partial charge is 0.484 e. The molecule has 0 aliphatic carbocycles. The highest BCUT2D eigenvalue weighted by Crippen LogP contribution is 2.13. The van der Waals surface area contributed by atoms with Crippen molar-refractivity contribution in [2.24, 2.45) is 10.9 Å². The summed E-state index contributed by atoms with van der Waals surface area (Å²) in [5.74, 6) is -0.367.